The highest BCUT2D eigenvalue weighted by atomic mass is 79.9. The van der Waals surface area contributed by atoms with Crippen LogP contribution in [0.3, 0.4) is 0 Å². The van der Waals surface area contributed by atoms with Gasteiger partial charge in [0, 0.05) is 16.7 Å². The van der Waals surface area contributed by atoms with Crippen molar-refractivity contribution < 1.29 is 13.2 Å². The largest absolute Gasteiger partial charge is 0.348 e. The average Bonchev–Trinajstić information content (AvgIpc) is 2.61. The molecule has 1 N–H and O–H groups in total. The van der Waals surface area contributed by atoms with Crippen molar-refractivity contribution >= 4 is 43.3 Å². The van der Waals surface area contributed by atoms with E-state index in [0.29, 0.717) is 10.9 Å². The lowest BCUT2D eigenvalue weighted by atomic mass is 10.2. The summed E-state index contributed by atoms with van der Waals surface area (Å²) in [6.07, 6.45) is 1.92. The third-order valence-corrected chi connectivity index (χ3v) is 5.12. The maximum Gasteiger partial charge on any atom is 0.254 e. The molecule has 0 saturated carbocycles. The number of aromatic nitrogens is 1. The summed E-state index contributed by atoms with van der Waals surface area (Å²) in [4.78, 5) is 15.8. The summed E-state index contributed by atoms with van der Waals surface area (Å²) >= 11 is 9.02. The molecule has 0 radical (unpaired) electrons. The number of carbonyl (C=O) groups excluding carboxylic acids is 1. The van der Waals surface area contributed by atoms with E-state index in [1.165, 1.54) is 6.20 Å². The third kappa shape index (κ3) is 3.21. The van der Waals surface area contributed by atoms with Crippen LogP contribution in [0.2, 0.25) is 5.15 Å². The van der Waals surface area contributed by atoms with E-state index in [1.54, 1.807) is 6.07 Å². The minimum Gasteiger partial charge on any atom is -0.348 e. The molecule has 1 amide bonds. The van der Waals surface area contributed by atoms with Crippen molar-refractivity contribution in [2.24, 2.45) is 0 Å². The highest BCUT2D eigenvalue weighted by Gasteiger charge is 2.29. The molecule has 1 aliphatic heterocycles. The monoisotopic (exact) mass is 352 g/mol. The minimum atomic E-state index is -3.01. The number of rotatable bonds is 2. The van der Waals surface area contributed by atoms with Gasteiger partial charge in [0.15, 0.2) is 9.84 Å². The molecule has 8 heteroatoms. The Morgan fingerprint density at radius 1 is 1.56 bits per heavy atom. The zero-order chi connectivity index (χ0) is 13.3. The predicted molar refractivity (Wildman–Crippen MR) is 71.5 cm³/mol. The molecule has 2 rings (SSSR count). The first-order chi connectivity index (χ1) is 8.37. The summed E-state index contributed by atoms with van der Waals surface area (Å²) in [6, 6.07) is 1.20. The SMILES string of the molecule is O=C(NC1CCS(=O)(=O)C1)c1cc(Br)cnc1Cl. The lowest BCUT2D eigenvalue weighted by molar-refractivity contribution is 0.0941. The van der Waals surface area contributed by atoms with Crippen LogP contribution >= 0.6 is 27.5 Å². The third-order valence-electron chi connectivity index (χ3n) is 2.62. The number of hydrogen-bond donors (Lipinski definition) is 1. The van der Waals surface area contributed by atoms with Crippen LogP contribution in [0.4, 0.5) is 0 Å². The molecule has 2 heterocycles. The molecular formula is C10H10BrClN2O3S. The van der Waals surface area contributed by atoms with Crippen molar-refractivity contribution in [3.05, 3.63) is 27.5 Å². The summed E-state index contributed by atoms with van der Waals surface area (Å²) in [5.74, 6) is -0.309. The number of nitrogens with one attached hydrogen (secondary N) is 1. The van der Waals surface area contributed by atoms with Crippen LogP contribution in [0.25, 0.3) is 0 Å². The summed E-state index contributed by atoms with van der Waals surface area (Å²) in [5, 5.41) is 2.75. The number of pyridine rings is 1. The second-order valence-corrected chi connectivity index (χ2v) is 7.57. The Morgan fingerprint density at radius 3 is 2.89 bits per heavy atom. The first-order valence-corrected chi connectivity index (χ1v) is 8.19. The number of hydrogen-bond acceptors (Lipinski definition) is 4. The van der Waals surface area contributed by atoms with E-state index in [1.807, 2.05) is 0 Å². The van der Waals surface area contributed by atoms with Crippen molar-refractivity contribution in [3.8, 4) is 0 Å². The van der Waals surface area contributed by atoms with Gasteiger partial charge < -0.3 is 5.32 Å². The Hall–Kier alpha value is -0.660. The number of carbonyl (C=O) groups is 1. The number of amides is 1. The summed E-state index contributed by atoms with van der Waals surface area (Å²) in [5.41, 5.74) is 0.232. The van der Waals surface area contributed by atoms with Crippen molar-refractivity contribution in [2.45, 2.75) is 12.5 Å². The molecule has 1 aromatic rings. The van der Waals surface area contributed by atoms with E-state index < -0.39 is 15.7 Å². The van der Waals surface area contributed by atoms with Crippen LogP contribution in [0.1, 0.15) is 16.8 Å². The van der Waals surface area contributed by atoms with Gasteiger partial charge >= 0.3 is 0 Å². The first-order valence-electron chi connectivity index (χ1n) is 5.20. The Kier molecular flexibility index (Phi) is 3.93. The molecule has 1 aromatic heterocycles. The van der Waals surface area contributed by atoms with Crippen molar-refractivity contribution in [1.29, 1.82) is 0 Å². The van der Waals surface area contributed by atoms with Crippen LogP contribution < -0.4 is 5.32 Å². The van der Waals surface area contributed by atoms with E-state index >= 15 is 0 Å². The number of nitrogens with zero attached hydrogens (tertiary/aromatic N) is 1. The summed E-state index contributed by atoms with van der Waals surface area (Å²) in [6.45, 7) is 0. The molecule has 1 aliphatic rings. The molecule has 1 saturated heterocycles. The Bertz CT molecular complexity index is 591. The lowest BCUT2D eigenvalue weighted by Crippen LogP contribution is -2.35. The molecule has 1 atom stereocenters. The molecule has 0 aliphatic carbocycles. The fraction of sp³-hybridized carbons (Fsp3) is 0.400. The van der Waals surface area contributed by atoms with Gasteiger partial charge in [-0.1, -0.05) is 11.6 Å². The van der Waals surface area contributed by atoms with Gasteiger partial charge in [0.25, 0.3) is 5.91 Å². The van der Waals surface area contributed by atoms with Crippen molar-refractivity contribution in [1.82, 2.24) is 10.3 Å². The second kappa shape index (κ2) is 5.14. The molecule has 98 valence electrons. The predicted octanol–water partition coefficient (Wildman–Crippen LogP) is 1.41. The fourth-order valence-corrected chi connectivity index (χ4v) is 3.95. The molecule has 18 heavy (non-hydrogen) atoms. The van der Waals surface area contributed by atoms with Crippen LogP contribution in [0, 0.1) is 0 Å². The van der Waals surface area contributed by atoms with E-state index in [2.05, 4.69) is 26.2 Å². The molecule has 0 aromatic carbocycles. The van der Waals surface area contributed by atoms with E-state index in [-0.39, 0.29) is 28.3 Å². The normalized spacial score (nSPS) is 21.8. The van der Waals surface area contributed by atoms with Gasteiger partial charge in [-0.3, -0.25) is 4.79 Å². The maximum atomic E-state index is 11.9. The highest BCUT2D eigenvalue weighted by Crippen LogP contribution is 2.19. The smallest absolute Gasteiger partial charge is 0.254 e. The van der Waals surface area contributed by atoms with Crippen LogP contribution in [0.15, 0.2) is 16.7 Å². The summed E-state index contributed by atoms with van der Waals surface area (Å²) < 4.78 is 23.2. The zero-order valence-electron chi connectivity index (χ0n) is 9.19. The van der Waals surface area contributed by atoms with Gasteiger partial charge in [-0.25, -0.2) is 13.4 Å². The molecule has 1 unspecified atom stereocenters. The fourth-order valence-electron chi connectivity index (χ4n) is 1.75. The van der Waals surface area contributed by atoms with Gasteiger partial charge in [0.2, 0.25) is 0 Å². The highest BCUT2D eigenvalue weighted by molar-refractivity contribution is 9.10. The number of sulfone groups is 1. The Balaban J connectivity index is 2.11. The zero-order valence-corrected chi connectivity index (χ0v) is 12.3. The van der Waals surface area contributed by atoms with Crippen LogP contribution in [-0.2, 0) is 9.84 Å². The van der Waals surface area contributed by atoms with Crippen LogP contribution in [0.5, 0.6) is 0 Å². The van der Waals surface area contributed by atoms with Gasteiger partial charge in [-0.05, 0) is 28.4 Å². The van der Waals surface area contributed by atoms with Gasteiger partial charge in [0.05, 0.1) is 17.1 Å². The Labute approximate surface area is 118 Å². The molecule has 5 nitrogen and oxygen atoms in total. The standard InChI is InChI=1S/C10H10BrClN2O3S/c11-6-3-8(9(12)13-4-6)10(15)14-7-1-2-18(16,17)5-7/h3-4,7H,1-2,5H2,(H,14,15). The van der Waals surface area contributed by atoms with Crippen LogP contribution in [-0.4, -0.2) is 36.9 Å². The molecule has 0 bridgehead atoms. The van der Waals surface area contributed by atoms with Gasteiger partial charge in [-0.2, -0.15) is 0 Å². The van der Waals surface area contributed by atoms with Crippen molar-refractivity contribution in [2.75, 3.05) is 11.5 Å². The lowest BCUT2D eigenvalue weighted by Gasteiger charge is -2.11. The van der Waals surface area contributed by atoms with Crippen molar-refractivity contribution in [3.63, 3.8) is 0 Å². The van der Waals surface area contributed by atoms with Gasteiger partial charge in [-0.15, -0.1) is 0 Å². The average molecular weight is 354 g/mol. The Morgan fingerprint density at radius 2 is 2.28 bits per heavy atom. The maximum absolute atomic E-state index is 11.9. The summed E-state index contributed by atoms with van der Waals surface area (Å²) in [7, 11) is -3.01. The molecule has 1 fully saturated rings. The van der Waals surface area contributed by atoms with E-state index in [9.17, 15) is 13.2 Å². The molecule has 0 spiro atoms. The van der Waals surface area contributed by atoms with E-state index in [4.69, 9.17) is 11.6 Å². The quantitative estimate of drug-likeness (QED) is 0.816. The second-order valence-electron chi connectivity index (χ2n) is 4.07. The topological polar surface area (TPSA) is 76.1 Å². The number of halogens is 2. The molecular weight excluding hydrogens is 344 g/mol. The van der Waals surface area contributed by atoms with E-state index in [0.717, 1.165) is 0 Å². The first kappa shape index (κ1) is 13.8. The van der Waals surface area contributed by atoms with Gasteiger partial charge in [0.1, 0.15) is 5.15 Å². The minimum absolute atomic E-state index is 0.0161.